The number of rotatable bonds is 7. The molecule has 0 spiro atoms. The van der Waals surface area contributed by atoms with Gasteiger partial charge in [0, 0.05) is 19.5 Å². The highest BCUT2D eigenvalue weighted by Gasteiger charge is 2.08. The van der Waals surface area contributed by atoms with E-state index in [0.717, 1.165) is 29.0 Å². The number of primary amides is 1. The van der Waals surface area contributed by atoms with Crippen molar-refractivity contribution in [3.05, 3.63) is 11.4 Å². The van der Waals surface area contributed by atoms with Crippen molar-refractivity contribution in [1.29, 1.82) is 0 Å². The first kappa shape index (κ1) is 13.5. The van der Waals surface area contributed by atoms with Crippen LogP contribution in [0.2, 0.25) is 0 Å². The van der Waals surface area contributed by atoms with E-state index < -0.39 is 0 Å². The van der Waals surface area contributed by atoms with E-state index in [2.05, 4.69) is 27.5 Å². The molecule has 2 rings (SSSR count). The molecule has 0 aliphatic carbocycles. The van der Waals surface area contributed by atoms with E-state index in [0.29, 0.717) is 12.5 Å². The van der Waals surface area contributed by atoms with Gasteiger partial charge in [-0.05, 0) is 17.9 Å². The van der Waals surface area contributed by atoms with E-state index in [1.807, 2.05) is 11.4 Å². The topological polar surface area (TPSA) is 92.9 Å². The zero-order valence-corrected chi connectivity index (χ0v) is 11.6. The third kappa shape index (κ3) is 3.54. The molecule has 2 heterocycles. The highest BCUT2D eigenvalue weighted by atomic mass is 32.1. The quantitative estimate of drug-likeness (QED) is 0.718. The van der Waals surface area contributed by atoms with Gasteiger partial charge in [-0.3, -0.25) is 4.79 Å². The van der Waals surface area contributed by atoms with Gasteiger partial charge in [0.15, 0.2) is 0 Å². The van der Waals surface area contributed by atoms with E-state index >= 15 is 0 Å². The van der Waals surface area contributed by atoms with Crippen LogP contribution >= 0.6 is 11.3 Å². The normalized spacial score (nSPS) is 10.6. The fourth-order valence-corrected chi connectivity index (χ4v) is 2.37. The first-order chi connectivity index (χ1) is 9.20. The lowest BCUT2D eigenvalue weighted by atomic mass is 10.3. The Labute approximate surface area is 115 Å². The van der Waals surface area contributed by atoms with Crippen LogP contribution in [0, 0.1) is 0 Å². The molecule has 102 valence electrons. The average molecular weight is 279 g/mol. The lowest BCUT2D eigenvalue weighted by Crippen LogP contribution is -2.16. The van der Waals surface area contributed by atoms with Crippen molar-refractivity contribution < 1.29 is 4.79 Å². The summed E-state index contributed by atoms with van der Waals surface area (Å²) in [5.41, 5.74) is 5.12. The molecule has 6 nitrogen and oxygen atoms in total. The molecule has 0 bridgehead atoms. The molecule has 0 saturated heterocycles. The molecular weight excluding hydrogens is 262 g/mol. The van der Waals surface area contributed by atoms with Crippen molar-refractivity contribution in [3.8, 4) is 0 Å². The van der Waals surface area contributed by atoms with Gasteiger partial charge < -0.3 is 16.4 Å². The second kappa shape index (κ2) is 6.33. The van der Waals surface area contributed by atoms with E-state index in [9.17, 15) is 4.79 Å². The minimum Gasteiger partial charge on any atom is -0.370 e. The summed E-state index contributed by atoms with van der Waals surface area (Å²) in [5, 5.41) is 9.25. The maximum atomic E-state index is 10.8. The number of nitrogens with zero attached hydrogens (tertiary/aromatic N) is 2. The second-order valence-corrected chi connectivity index (χ2v) is 5.00. The summed E-state index contributed by atoms with van der Waals surface area (Å²) < 4.78 is 0. The lowest BCUT2D eigenvalue weighted by Gasteiger charge is -2.08. The third-order valence-electron chi connectivity index (χ3n) is 2.52. The first-order valence-corrected chi connectivity index (χ1v) is 7.10. The number of nitrogens with one attached hydrogen (secondary N) is 2. The van der Waals surface area contributed by atoms with Crippen LogP contribution in [0.25, 0.3) is 10.2 Å². The Kier molecular flexibility index (Phi) is 4.51. The Hall–Kier alpha value is -1.89. The van der Waals surface area contributed by atoms with Gasteiger partial charge in [-0.25, -0.2) is 4.98 Å². The van der Waals surface area contributed by atoms with E-state index in [-0.39, 0.29) is 12.3 Å². The summed E-state index contributed by atoms with van der Waals surface area (Å²) in [6.45, 7) is 3.39. The summed E-state index contributed by atoms with van der Waals surface area (Å²) in [6.07, 6.45) is 1.30. The Balaban J connectivity index is 2.18. The molecule has 0 aromatic carbocycles. The average Bonchev–Trinajstić information content (AvgIpc) is 2.84. The Morgan fingerprint density at radius 2 is 2.21 bits per heavy atom. The molecule has 0 unspecified atom stereocenters. The van der Waals surface area contributed by atoms with Crippen LogP contribution in [-0.4, -0.2) is 29.0 Å². The van der Waals surface area contributed by atoms with Crippen molar-refractivity contribution in [2.24, 2.45) is 5.73 Å². The summed E-state index contributed by atoms with van der Waals surface area (Å²) in [6, 6.07) is 1.97. The maximum absolute atomic E-state index is 10.8. The van der Waals surface area contributed by atoms with Crippen molar-refractivity contribution in [2.75, 3.05) is 23.7 Å². The predicted molar refractivity (Wildman–Crippen MR) is 78.5 cm³/mol. The number of fused-ring (bicyclic) bond motifs is 1. The van der Waals surface area contributed by atoms with Gasteiger partial charge in [0.25, 0.3) is 0 Å². The van der Waals surface area contributed by atoms with Gasteiger partial charge in [-0.15, -0.1) is 11.3 Å². The van der Waals surface area contributed by atoms with Crippen LogP contribution in [0.15, 0.2) is 11.4 Å². The predicted octanol–water partition coefficient (Wildman–Crippen LogP) is 1.80. The number of aromatic nitrogens is 2. The number of carbonyl (C=O) groups excluding carboxylic acids is 1. The van der Waals surface area contributed by atoms with Crippen molar-refractivity contribution in [3.63, 3.8) is 0 Å². The molecule has 19 heavy (non-hydrogen) atoms. The van der Waals surface area contributed by atoms with Gasteiger partial charge in [-0.2, -0.15) is 4.98 Å². The number of hydrogen-bond acceptors (Lipinski definition) is 6. The highest BCUT2D eigenvalue weighted by molar-refractivity contribution is 7.16. The summed E-state index contributed by atoms with van der Waals surface area (Å²) >= 11 is 1.57. The number of amides is 1. The third-order valence-corrected chi connectivity index (χ3v) is 3.33. The molecule has 7 heteroatoms. The van der Waals surface area contributed by atoms with Crippen LogP contribution < -0.4 is 16.4 Å². The van der Waals surface area contributed by atoms with Crippen LogP contribution in [0.1, 0.15) is 19.8 Å². The van der Waals surface area contributed by atoms with Gasteiger partial charge in [0.05, 0.1) is 5.39 Å². The number of carbonyl (C=O) groups is 1. The summed E-state index contributed by atoms with van der Waals surface area (Å²) in [4.78, 5) is 20.5. The molecule has 0 aliphatic rings. The van der Waals surface area contributed by atoms with E-state index in [1.165, 1.54) is 0 Å². The minimum absolute atomic E-state index is 0.285. The van der Waals surface area contributed by atoms with Crippen molar-refractivity contribution in [2.45, 2.75) is 19.8 Å². The molecule has 2 aromatic rings. The van der Waals surface area contributed by atoms with Crippen LogP contribution in [0.4, 0.5) is 11.8 Å². The fraction of sp³-hybridized carbons (Fsp3) is 0.417. The number of anilines is 2. The zero-order valence-electron chi connectivity index (χ0n) is 10.8. The molecule has 4 N–H and O–H groups in total. The highest BCUT2D eigenvalue weighted by Crippen LogP contribution is 2.26. The standard InChI is InChI=1S/C12H17N5OS/c1-2-5-15-12-16-10(14-6-3-9(13)18)8-4-7-19-11(8)17-12/h4,7H,2-3,5-6H2,1H3,(H2,13,18)(H2,14,15,16,17). The fourth-order valence-electron chi connectivity index (χ4n) is 1.61. The minimum atomic E-state index is -0.326. The number of hydrogen-bond donors (Lipinski definition) is 3. The van der Waals surface area contributed by atoms with Gasteiger partial charge in [-0.1, -0.05) is 6.92 Å². The van der Waals surface area contributed by atoms with Gasteiger partial charge in [0.1, 0.15) is 10.6 Å². The van der Waals surface area contributed by atoms with Gasteiger partial charge >= 0.3 is 0 Å². The number of nitrogens with two attached hydrogens (primary N) is 1. The van der Waals surface area contributed by atoms with E-state index in [4.69, 9.17) is 5.73 Å². The molecule has 0 radical (unpaired) electrons. The second-order valence-electron chi connectivity index (χ2n) is 4.11. The van der Waals surface area contributed by atoms with Crippen LogP contribution in [0.5, 0.6) is 0 Å². The molecule has 1 amide bonds. The first-order valence-electron chi connectivity index (χ1n) is 6.22. The van der Waals surface area contributed by atoms with E-state index in [1.54, 1.807) is 11.3 Å². The lowest BCUT2D eigenvalue weighted by molar-refractivity contribution is -0.117. The molecule has 0 fully saturated rings. The largest absolute Gasteiger partial charge is 0.370 e. The Morgan fingerprint density at radius 3 is 2.95 bits per heavy atom. The van der Waals surface area contributed by atoms with Crippen molar-refractivity contribution >= 4 is 39.2 Å². The van der Waals surface area contributed by atoms with Crippen LogP contribution in [0.3, 0.4) is 0 Å². The molecule has 0 saturated carbocycles. The zero-order chi connectivity index (χ0) is 13.7. The molecule has 2 aromatic heterocycles. The number of thiophene rings is 1. The summed E-state index contributed by atoms with van der Waals surface area (Å²) in [7, 11) is 0. The smallest absolute Gasteiger partial charge is 0.226 e. The van der Waals surface area contributed by atoms with Crippen molar-refractivity contribution in [1.82, 2.24) is 9.97 Å². The van der Waals surface area contributed by atoms with Crippen LogP contribution in [-0.2, 0) is 4.79 Å². The Bertz CT molecular complexity index is 568. The van der Waals surface area contributed by atoms with Gasteiger partial charge in [0.2, 0.25) is 11.9 Å². The SMILES string of the molecule is CCCNc1nc(NCCC(N)=O)c2ccsc2n1. The Morgan fingerprint density at radius 1 is 1.37 bits per heavy atom. The summed E-state index contributed by atoms with van der Waals surface area (Å²) in [5.74, 6) is 1.02. The molecule has 0 aliphatic heterocycles. The molecule has 0 atom stereocenters. The maximum Gasteiger partial charge on any atom is 0.226 e. The molecular formula is C12H17N5OS. The monoisotopic (exact) mass is 279 g/mol.